The maximum absolute atomic E-state index is 12.3. The summed E-state index contributed by atoms with van der Waals surface area (Å²) in [5, 5.41) is 0. The van der Waals surface area contributed by atoms with Gasteiger partial charge in [0.1, 0.15) is 0 Å². The van der Waals surface area contributed by atoms with E-state index in [1.54, 1.807) is 0 Å². The molecule has 2 amide bonds. The molecule has 0 N–H and O–H groups in total. The predicted octanol–water partition coefficient (Wildman–Crippen LogP) is 2.95. The summed E-state index contributed by atoms with van der Waals surface area (Å²) in [5.41, 5.74) is 3.44. The average Bonchev–Trinajstić information content (AvgIpc) is 3.36. The molecule has 4 rings (SSSR count). The van der Waals surface area contributed by atoms with E-state index in [1.165, 1.54) is 24.8 Å². The van der Waals surface area contributed by atoms with E-state index in [-0.39, 0.29) is 11.8 Å². The van der Waals surface area contributed by atoms with Gasteiger partial charge in [-0.25, -0.2) is 9.97 Å². The Morgan fingerprint density at radius 1 is 0.935 bits per heavy atom. The number of carbonyl (C=O) groups excluding carboxylic acids is 2. The van der Waals surface area contributed by atoms with Gasteiger partial charge in [0.25, 0.3) is 0 Å². The molecule has 7 nitrogen and oxygen atoms in total. The van der Waals surface area contributed by atoms with Crippen molar-refractivity contribution in [1.82, 2.24) is 19.8 Å². The average molecular weight is 428 g/mol. The molecule has 31 heavy (non-hydrogen) atoms. The second-order valence-electron chi connectivity index (χ2n) is 9.25. The van der Waals surface area contributed by atoms with Gasteiger partial charge in [0.15, 0.2) is 0 Å². The largest absolute Gasteiger partial charge is 0.342 e. The molecule has 2 saturated heterocycles. The summed E-state index contributed by atoms with van der Waals surface area (Å²) >= 11 is 0. The number of hydrogen-bond donors (Lipinski definition) is 0. The Balaban J connectivity index is 1.52. The van der Waals surface area contributed by atoms with Gasteiger partial charge in [0.05, 0.1) is 11.4 Å². The number of anilines is 1. The number of piperidine rings is 1. The van der Waals surface area contributed by atoms with Crippen molar-refractivity contribution in [2.75, 3.05) is 37.6 Å². The Morgan fingerprint density at radius 2 is 1.68 bits per heavy atom. The normalized spacial score (nSPS) is 21.4. The minimum Gasteiger partial charge on any atom is -0.342 e. The third-order valence-corrected chi connectivity index (χ3v) is 7.14. The molecule has 7 heteroatoms. The van der Waals surface area contributed by atoms with Gasteiger partial charge in [-0.1, -0.05) is 13.8 Å². The van der Waals surface area contributed by atoms with Crippen molar-refractivity contribution >= 4 is 17.8 Å². The summed E-state index contributed by atoms with van der Waals surface area (Å²) < 4.78 is 0. The van der Waals surface area contributed by atoms with E-state index in [0.717, 1.165) is 75.7 Å². The summed E-state index contributed by atoms with van der Waals surface area (Å²) in [6.07, 6.45) is 8.58. The first kappa shape index (κ1) is 22.0. The van der Waals surface area contributed by atoms with Crippen molar-refractivity contribution < 1.29 is 9.59 Å². The van der Waals surface area contributed by atoms with Crippen LogP contribution in [0, 0.1) is 5.92 Å². The van der Waals surface area contributed by atoms with Crippen molar-refractivity contribution in [2.45, 2.75) is 78.2 Å². The van der Waals surface area contributed by atoms with Crippen LogP contribution in [0.4, 0.5) is 5.95 Å². The first-order valence-corrected chi connectivity index (χ1v) is 12.3. The number of rotatable bonds is 6. The van der Waals surface area contributed by atoms with Crippen LogP contribution in [0.2, 0.25) is 0 Å². The van der Waals surface area contributed by atoms with Gasteiger partial charge in [0, 0.05) is 64.1 Å². The minimum atomic E-state index is 0.209. The van der Waals surface area contributed by atoms with Gasteiger partial charge >= 0.3 is 0 Å². The highest BCUT2D eigenvalue weighted by atomic mass is 16.2. The number of amides is 2. The number of nitrogens with zero attached hydrogens (tertiary/aromatic N) is 5. The first-order chi connectivity index (χ1) is 15.1. The highest BCUT2D eigenvalue weighted by molar-refractivity contribution is 5.76. The Bertz CT molecular complexity index is 805. The van der Waals surface area contributed by atoms with Crippen LogP contribution in [-0.2, 0) is 29.0 Å². The second-order valence-corrected chi connectivity index (χ2v) is 9.25. The highest BCUT2D eigenvalue weighted by Gasteiger charge is 2.28. The van der Waals surface area contributed by atoms with Crippen LogP contribution in [0.15, 0.2) is 0 Å². The number of likely N-dealkylation sites (tertiary alicyclic amines) is 1. The molecule has 0 unspecified atom stereocenters. The Kier molecular flexibility index (Phi) is 7.08. The van der Waals surface area contributed by atoms with E-state index in [9.17, 15) is 9.59 Å². The molecule has 0 aliphatic carbocycles. The Labute approximate surface area is 186 Å². The lowest BCUT2D eigenvalue weighted by Crippen LogP contribution is -2.40. The molecule has 0 bridgehead atoms. The Hall–Kier alpha value is -2.18. The fourth-order valence-electron chi connectivity index (χ4n) is 5.26. The third-order valence-electron chi connectivity index (χ3n) is 7.14. The minimum absolute atomic E-state index is 0.209. The lowest BCUT2D eigenvalue weighted by atomic mass is 9.91. The van der Waals surface area contributed by atoms with Crippen LogP contribution < -0.4 is 4.90 Å². The zero-order valence-corrected chi connectivity index (χ0v) is 19.2. The van der Waals surface area contributed by atoms with E-state index < -0.39 is 0 Å². The predicted molar refractivity (Wildman–Crippen MR) is 121 cm³/mol. The Morgan fingerprint density at radius 3 is 2.42 bits per heavy atom. The fourth-order valence-corrected chi connectivity index (χ4v) is 5.26. The number of carbonyl (C=O) groups is 2. The van der Waals surface area contributed by atoms with Crippen molar-refractivity contribution in [1.29, 1.82) is 0 Å². The van der Waals surface area contributed by atoms with Crippen LogP contribution in [0.1, 0.15) is 75.7 Å². The second kappa shape index (κ2) is 9.96. The van der Waals surface area contributed by atoms with Gasteiger partial charge in [-0.15, -0.1) is 0 Å². The van der Waals surface area contributed by atoms with Crippen LogP contribution in [0.3, 0.4) is 0 Å². The number of fused-ring (bicyclic) bond motifs is 1. The van der Waals surface area contributed by atoms with E-state index in [4.69, 9.17) is 9.97 Å². The molecule has 1 aromatic rings. The van der Waals surface area contributed by atoms with Crippen LogP contribution >= 0.6 is 0 Å². The van der Waals surface area contributed by atoms with E-state index in [1.807, 2.05) is 23.6 Å². The highest BCUT2D eigenvalue weighted by Crippen LogP contribution is 2.28. The smallest absolute Gasteiger partial charge is 0.225 e. The summed E-state index contributed by atoms with van der Waals surface area (Å²) in [6, 6.07) is 0. The SMILES string of the molecule is CCC(=O)N1CCc2nc(N3CCCC3)nc(CC[C@H]3CCCN(C(=O)CC)C3)c2C1. The summed E-state index contributed by atoms with van der Waals surface area (Å²) in [5.74, 6) is 1.89. The maximum Gasteiger partial charge on any atom is 0.225 e. The van der Waals surface area contributed by atoms with E-state index >= 15 is 0 Å². The molecule has 0 spiro atoms. The standard InChI is InChI=1S/C24H37N5O2/c1-3-22(30)28-14-7-8-18(16-28)9-10-20-19-17-29(23(31)4-2)15-11-21(19)26-24(25-20)27-12-5-6-13-27/h18H,3-17H2,1-2H3/t18-/m1/s1. The van der Waals surface area contributed by atoms with Crippen molar-refractivity contribution in [3.63, 3.8) is 0 Å². The molecule has 1 atom stereocenters. The first-order valence-electron chi connectivity index (χ1n) is 12.3. The zero-order chi connectivity index (χ0) is 21.8. The van der Waals surface area contributed by atoms with E-state index in [0.29, 0.717) is 25.3 Å². The van der Waals surface area contributed by atoms with Gasteiger partial charge in [-0.2, -0.15) is 0 Å². The molecule has 1 aromatic heterocycles. The zero-order valence-electron chi connectivity index (χ0n) is 19.2. The van der Waals surface area contributed by atoms with Crippen LogP contribution in [0.5, 0.6) is 0 Å². The molecule has 170 valence electrons. The number of aryl methyl sites for hydroxylation is 1. The molecule has 3 aliphatic heterocycles. The van der Waals surface area contributed by atoms with Gasteiger partial charge in [-0.05, 0) is 44.4 Å². The molecule has 3 aliphatic rings. The quantitative estimate of drug-likeness (QED) is 0.698. The summed E-state index contributed by atoms with van der Waals surface area (Å²) in [7, 11) is 0. The molecular weight excluding hydrogens is 390 g/mol. The van der Waals surface area contributed by atoms with Crippen molar-refractivity contribution in [3.8, 4) is 0 Å². The van der Waals surface area contributed by atoms with Gasteiger partial charge in [0.2, 0.25) is 17.8 Å². The fraction of sp³-hybridized carbons (Fsp3) is 0.750. The number of hydrogen-bond acceptors (Lipinski definition) is 5. The van der Waals surface area contributed by atoms with Gasteiger partial charge < -0.3 is 14.7 Å². The third kappa shape index (κ3) is 5.01. The molecule has 0 radical (unpaired) electrons. The molecule has 4 heterocycles. The van der Waals surface area contributed by atoms with E-state index in [2.05, 4.69) is 4.90 Å². The topological polar surface area (TPSA) is 69.6 Å². The monoisotopic (exact) mass is 427 g/mol. The summed E-state index contributed by atoms with van der Waals surface area (Å²) in [6.45, 7) is 9.12. The van der Waals surface area contributed by atoms with Crippen molar-refractivity contribution in [2.24, 2.45) is 5.92 Å². The van der Waals surface area contributed by atoms with Crippen LogP contribution in [-0.4, -0.2) is 64.3 Å². The molecule has 2 fully saturated rings. The molecule has 0 aromatic carbocycles. The molecular formula is C24H37N5O2. The lowest BCUT2D eigenvalue weighted by molar-refractivity contribution is -0.133. The maximum atomic E-state index is 12.3. The van der Waals surface area contributed by atoms with Crippen molar-refractivity contribution in [3.05, 3.63) is 17.0 Å². The molecule has 0 saturated carbocycles. The van der Waals surface area contributed by atoms with Crippen LogP contribution in [0.25, 0.3) is 0 Å². The van der Waals surface area contributed by atoms with Gasteiger partial charge in [-0.3, -0.25) is 9.59 Å². The summed E-state index contributed by atoms with van der Waals surface area (Å²) in [4.78, 5) is 40.8. The number of aromatic nitrogens is 2. The lowest BCUT2D eigenvalue weighted by Gasteiger charge is -2.33.